The van der Waals surface area contributed by atoms with Crippen LogP contribution in [-0.4, -0.2) is 24.2 Å². The van der Waals surface area contributed by atoms with Crippen molar-refractivity contribution < 1.29 is 9.90 Å². The molecular formula is C25H29ClN2O2S. The lowest BCUT2D eigenvalue weighted by Gasteiger charge is -2.06. The number of hydrogen-bond acceptors (Lipinski definition) is 4. The van der Waals surface area contributed by atoms with Crippen molar-refractivity contribution in [3.05, 3.63) is 101 Å². The molecule has 0 bridgehead atoms. The molecule has 0 unspecified atom stereocenters. The molecule has 3 N–H and O–H groups in total. The van der Waals surface area contributed by atoms with Gasteiger partial charge in [0.2, 0.25) is 0 Å². The minimum atomic E-state index is -0.177. The van der Waals surface area contributed by atoms with E-state index in [-0.39, 0.29) is 19.1 Å². The molecule has 3 aromatic rings. The molecule has 1 amide bonds. The van der Waals surface area contributed by atoms with Crippen molar-refractivity contribution in [3.63, 3.8) is 0 Å². The average molecular weight is 457 g/mol. The number of nitrogens with one attached hydrogen (secondary N) is 2. The van der Waals surface area contributed by atoms with E-state index in [0.29, 0.717) is 12.1 Å². The molecule has 3 rings (SSSR count). The maximum atomic E-state index is 11.7. The number of aliphatic hydroxyl groups is 1. The van der Waals surface area contributed by atoms with Gasteiger partial charge in [-0.05, 0) is 65.9 Å². The molecule has 0 fully saturated rings. The van der Waals surface area contributed by atoms with Gasteiger partial charge in [-0.3, -0.25) is 9.52 Å². The molecule has 0 aliphatic rings. The quantitative estimate of drug-likeness (QED) is 0.372. The summed E-state index contributed by atoms with van der Waals surface area (Å²) in [5.41, 5.74) is 3.11. The first kappa shape index (κ1) is 25.0. The van der Waals surface area contributed by atoms with Gasteiger partial charge in [-0.25, -0.2) is 0 Å². The third kappa shape index (κ3) is 10.0. The van der Waals surface area contributed by atoms with Crippen LogP contribution < -0.4 is 10.0 Å². The van der Waals surface area contributed by atoms with Crippen LogP contribution in [-0.2, 0) is 13.0 Å². The standard InChI is InChI=1S/C16H17ClN2O2S.C9H12/c17-14-5-7-15(8-6-14)22-19-11-12-1-3-13(4-2-12)16(21)18-9-10-20;1-2-6-9-7-4-3-5-8-9/h1-8,19-20H,9-11H2,(H,18,21);3-5,7-8H,2,6H2,1H3. The Kier molecular flexibility index (Phi) is 11.8. The van der Waals surface area contributed by atoms with Gasteiger partial charge in [-0.2, -0.15) is 0 Å². The molecule has 0 heterocycles. The highest BCUT2D eigenvalue weighted by atomic mass is 35.5. The number of hydrogen-bond donors (Lipinski definition) is 3. The molecule has 0 saturated carbocycles. The van der Waals surface area contributed by atoms with Crippen LogP contribution in [0.1, 0.15) is 34.8 Å². The minimum absolute atomic E-state index is 0.0599. The van der Waals surface area contributed by atoms with E-state index in [1.165, 1.54) is 30.4 Å². The van der Waals surface area contributed by atoms with Gasteiger partial charge in [-0.15, -0.1) is 0 Å². The number of carbonyl (C=O) groups excluding carboxylic acids is 1. The van der Waals surface area contributed by atoms with Crippen LogP contribution in [0, 0.1) is 0 Å². The summed E-state index contributed by atoms with van der Waals surface area (Å²) >= 11 is 7.37. The second-order valence-electron chi connectivity index (χ2n) is 6.79. The van der Waals surface area contributed by atoms with Crippen LogP contribution in [0.5, 0.6) is 0 Å². The lowest BCUT2D eigenvalue weighted by atomic mass is 10.1. The summed E-state index contributed by atoms with van der Waals surface area (Å²) in [7, 11) is 0. The Hall–Kier alpha value is -2.31. The van der Waals surface area contributed by atoms with Crippen LogP contribution in [0.15, 0.2) is 83.8 Å². The molecule has 31 heavy (non-hydrogen) atoms. The molecule has 0 saturated heterocycles. The number of rotatable bonds is 9. The third-order valence-electron chi connectivity index (χ3n) is 4.27. The number of halogens is 1. The minimum Gasteiger partial charge on any atom is -0.395 e. The van der Waals surface area contributed by atoms with Gasteiger partial charge in [0, 0.05) is 28.6 Å². The van der Waals surface area contributed by atoms with E-state index in [2.05, 4.69) is 47.3 Å². The fourth-order valence-corrected chi connectivity index (χ4v) is 3.49. The Labute approximate surface area is 194 Å². The van der Waals surface area contributed by atoms with Crippen LogP contribution in [0.3, 0.4) is 0 Å². The van der Waals surface area contributed by atoms with E-state index in [9.17, 15) is 4.79 Å². The van der Waals surface area contributed by atoms with Crippen LogP contribution in [0.4, 0.5) is 0 Å². The molecule has 0 aromatic heterocycles. The van der Waals surface area contributed by atoms with Gasteiger partial charge in [0.15, 0.2) is 0 Å². The van der Waals surface area contributed by atoms with E-state index in [1.807, 2.05) is 36.4 Å². The molecule has 4 nitrogen and oxygen atoms in total. The van der Waals surface area contributed by atoms with Gasteiger partial charge in [0.05, 0.1) is 6.61 Å². The largest absolute Gasteiger partial charge is 0.395 e. The number of benzene rings is 3. The van der Waals surface area contributed by atoms with Gasteiger partial charge in [0.1, 0.15) is 0 Å². The van der Waals surface area contributed by atoms with E-state index >= 15 is 0 Å². The molecular weight excluding hydrogens is 428 g/mol. The number of carbonyl (C=O) groups is 1. The zero-order valence-corrected chi connectivity index (χ0v) is 19.3. The number of aliphatic hydroxyl groups excluding tert-OH is 1. The summed E-state index contributed by atoms with van der Waals surface area (Å²) in [6.45, 7) is 3.09. The second kappa shape index (κ2) is 14.7. The summed E-state index contributed by atoms with van der Waals surface area (Å²) in [4.78, 5) is 12.8. The van der Waals surface area contributed by atoms with Crippen molar-refractivity contribution in [2.75, 3.05) is 13.2 Å². The first-order chi connectivity index (χ1) is 15.1. The highest BCUT2D eigenvalue weighted by molar-refractivity contribution is 7.97. The molecule has 0 radical (unpaired) electrons. The maximum Gasteiger partial charge on any atom is 0.251 e. The number of amides is 1. The fourth-order valence-electron chi connectivity index (χ4n) is 2.68. The Morgan fingerprint density at radius 2 is 1.61 bits per heavy atom. The fraction of sp³-hybridized carbons (Fsp3) is 0.240. The summed E-state index contributed by atoms with van der Waals surface area (Å²) in [6.07, 6.45) is 2.45. The SMILES string of the molecule is CCCc1ccccc1.O=C(NCCO)c1ccc(CNSc2ccc(Cl)cc2)cc1. The Morgan fingerprint density at radius 3 is 2.23 bits per heavy atom. The van der Waals surface area contributed by atoms with Crippen molar-refractivity contribution in [3.8, 4) is 0 Å². The zero-order valence-electron chi connectivity index (χ0n) is 17.7. The van der Waals surface area contributed by atoms with Crippen LogP contribution >= 0.6 is 23.5 Å². The molecule has 3 aromatic carbocycles. The topological polar surface area (TPSA) is 61.4 Å². The summed E-state index contributed by atoms with van der Waals surface area (Å²) in [5, 5.41) is 12.0. The third-order valence-corrected chi connectivity index (χ3v) is 5.32. The Balaban J connectivity index is 0.000000316. The molecule has 0 atom stereocenters. The molecule has 0 aliphatic heterocycles. The predicted octanol–water partition coefficient (Wildman–Crippen LogP) is 5.50. The van der Waals surface area contributed by atoms with E-state index in [1.54, 1.807) is 12.1 Å². The lowest BCUT2D eigenvalue weighted by Crippen LogP contribution is -2.26. The number of aryl methyl sites for hydroxylation is 1. The van der Waals surface area contributed by atoms with Crippen LogP contribution in [0.25, 0.3) is 0 Å². The Bertz CT molecular complexity index is 888. The van der Waals surface area contributed by atoms with Gasteiger partial charge < -0.3 is 10.4 Å². The van der Waals surface area contributed by atoms with Gasteiger partial charge >= 0.3 is 0 Å². The molecule has 6 heteroatoms. The lowest BCUT2D eigenvalue weighted by molar-refractivity contribution is 0.0945. The smallest absolute Gasteiger partial charge is 0.251 e. The highest BCUT2D eigenvalue weighted by Crippen LogP contribution is 2.18. The first-order valence-electron chi connectivity index (χ1n) is 10.3. The average Bonchev–Trinajstić information content (AvgIpc) is 2.80. The normalized spacial score (nSPS) is 10.2. The maximum absolute atomic E-state index is 11.7. The second-order valence-corrected chi connectivity index (χ2v) is 8.19. The van der Waals surface area contributed by atoms with Crippen LogP contribution in [0.2, 0.25) is 5.02 Å². The molecule has 164 valence electrons. The monoisotopic (exact) mass is 456 g/mol. The summed E-state index contributed by atoms with van der Waals surface area (Å²) < 4.78 is 3.26. The van der Waals surface area contributed by atoms with Crippen molar-refractivity contribution in [1.29, 1.82) is 0 Å². The predicted molar refractivity (Wildman–Crippen MR) is 130 cm³/mol. The summed E-state index contributed by atoms with van der Waals surface area (Å²) in [5.74, 6) is -0.177. The van der Waals surface area contributed by atoms with Crippen molar-refractivity contribution >= 4 is 29.5 Å². The molecule has 0 spiro atoms. The molecule has 0 aliphatic carbocycles. The first-order valence-corrected chi connectivity index (χ1v) is 11.5. The van der Waals surface area contributed by atoms with Crippen molar-refractivity contribution in [2.45, 2.75) is 31.2 Å². The highest BCUT2D eigenvalue weighted by Gasteiger charge is 2.04. The van der Waals surface area contributed by atoms with E-state index in [4.69, 9.17) is 16.7 Å². The van der Waals surface area contributed by atoms with E-state index < -0.39 is 0 Å². The zero-order chi connectivity index (χ0) is 22.3. The van der Waals surface area contributed by atoms with Gasteiger partial charge in [-0.1, -0.05) is 67.4 Å². The van der Waals surface area contributed by atoms with Gasteiger partial charge in [0.25, 0.3) is 5.91 Å². The van der Waals surface area contributed by atoms with E-state index in [0.717, 1.165) is 15.5 Å². The Morgan fingerprint density at radius 1 is 0.935 bits per heavy atom. The summed E-state index contributed by atoms with van der Waals surface area (Å²) in [6, 6.07) is 25.5. The van der Waals surface area contributed by atoms with Crippen molar-refractivity contribution in [2.24, 2.45) is 0 Å². The van der Waals surface area contributed by atoms with Crippen molar-refractivity contribution in [1.82, 2.24) is 10.0 Å².